The molecule has 0 amide bonds. The number of aryl methyl sites for hydroxylation is 1. The predicted molar refractivity (Wildman–Crippen MR) is 124 cm³/mol. The van der Waals surface area contributed by atoms with Crippen molar-refractivity contribution in [3.8, 4) is 11.1 Å². The van der Waals surface area contributed by atoms with Crippen LogP contribution >= 0.6 is 23.2 Å². The second-order valence-electron chi connectivity index (χ2n) is 8.04. The van der Waals surface area contributed by atoms with E-state index in [1.54, 1.807) is 6.07 Å². The number of hydrogen-bond acceptors (Lipinski definition) is 3. The highest BCUT2D eigenvalue weighted by molar-refractivity contribution is 6.34. The zero-order valence-electron chi connectivity index (χ0n) is 18.0. The molecule has 0 radical (unpaired) electrons. The lowest BCUT2D eigenvalue weighted by atomic mass is 9.76. The summed E-state index contributed by atoms with van der Waals surface area (Å²) in [4.78, 5) is 22.9. The van der Waals surface area contributed by atoms with Gasteiger partial charge in [0.05, 0.1) is 17.0 Å². The van der Waals surface area contributed by atoms with E-state index in [-0.39, 0.29) is 26.7 Å². The van der Waals surface area contributed by atoms with Crippen LogP contribution in [-0.2, 0) is 12.6 Å². The third-order valence-corrected chi connectivity index (χ3v) is 6.41. The summed E-state index contributed by atoms with van der Waals surface area (Å²) in [5.41, 5.74) is -1.60. The summed E-state index contributed by atoms with van der Waals surface area (Å²) in [6, 6.07) is 11.2. The molecule has 1 heterocycles. The molecule has 0 saturated heterocycles. The highest BCUT2D eigenvalue weighted by atomic mass is 35.5. The predicted octanol–water partition coefficient (Wildman–Crippen LogP) is 6.00. The second-order valence-corrected chi connectivity index (χ2v) is 8.86. The molecule has 0 bridgehead atoms. The van der Waals surface area contributed by atoms with Crippen LogP contribution in [0.4, 0.5) is 13.2 Å². The largest absolute Gasteiger partial charge is 0.478 e. The molecular weight excluding hydrogens is 494 g/mol. The maximum Gasteiger partial charge on any atom is 0.392 e. The molecule has 10 heteroatoms. The smallest absolute Gasteiger partial charge is 0.392 e. The quantitative estimate of drug-likeness (QED) is 0.423. The summed E-state index contributed by atoms with van der Waals surface area (Å²) in [6.45, 7) is 1.43. The number of pyridine rings is 1. The second kappa shape index (κ2) is 9.44. The van der Waals surface area contributed by atoms with Crippen LogP contribution in [0.25, 0.3) is 11.1 Å². The Bertz CT molecular complexity index is 1310. The number of alkyl halides is 3. The molecule has 0 aliphatic carbocycles. The minimum atomic E-state index is -4.70. The average Bonchev–Trinajstić information content (AvgIpc) is 2.73. The topological polar surface area (TPSA) is 79.5 Å². The first kappa shape index (κ1) is 25.8. The van der Waals surface area contributed by atoms with E-state index in [1.807, 2.05) is 0 Å². The Kier molecular flexibility index (Phi) is 7.17. The van der Waals surface area contributed by atoms with Crippen LogP contribution in [0.5, 0.6) is 0 Å². The molecule has 180 valence electrons. The van der Waals surface area contributed by atoms with E-state index in [4.69, 9.17) is 28.3 Å². The third kappa shape index (κ3) is 5.29. The lowest BCUT2D eigenvalue weighted by Gasteiger charge is -2.36. The van der Waals surface area contributed by atoms with E-state index in [0.717, 1.165) is 10.6 Å². The van der Waals surface area contributed by atoms with Crippen LogP contribution in [0.3, 0.4) is 0 Å². The summed E-state index contributed by atoms with van der Waals surface area (Å²) < 4.78 is 41.6. The van der Waals surface area contributed by atoms with E-state index < -0.39 is 35.6 Å². The van der Waals surface area contributed by atoms with Gasteiger partial charge in [0.15, 0.2) is 0 Å². The SMILES string of the molecule is CC(c1ccc(-c2ccc(C(=O)O)c(Cl)c2)cc1Cl)C(O)(CC(F)(F)F)c1ccc(=O)n(C)c1. The van der Waals surface area contributed by atoms with Crippen molar-refractivity contribution in [2.24, 2.45) is 7.05 Å². The summed E-state index contributed by atoms with van der Waals surface area (Å²) >= 11 is 12.5. The molecule has 5 nitrogen and oxygen atoms in total. The Morgan fingerprint density at radius 1 is 1.03 bits per heavy atom. The van der Waals surface area contributed by atoms with Crippen molar-refractivity contribution in [1.29, 1.82) is 0 Å². The third-order valence-electron chi connectivity index (χ3n) is 5.77. The molecule has 0 aliphatic heterocycles. The summed E-state index contributed by atoms with van der Waals surface area (Å²) in [6.07, 6.45) is -5.07. The van der Waals surface area contributed by atoms with E-state index in [0.29, 0.717) is 11.1 Å². The van der Waals surface area contributed by atoms with Crippen molar-refractivity contribution >= 4 is 29.2 Å². The fourth-order valence-corrected chi connectivity index (χ4v) is 4.45. The number of benzene rings is 2. The van der Waals surface area contributed by atoms with Crippen molar-refractivity contribution in [3.63, 3.8) is 0 Å². The first-order chi connectivity index (χ1) is 15.7. The van der Waals surface area contributed by atoms with Gasteiger partial charge in [0.1, 0.15) is 5.60 Å². The summed E-state index contributed by atoms with van der Waals surface area (Å²) in [5, 5.41) is 20.6. The lowest BCUT2D eigenvalue weighted by Crippen LogP contribution is -2.38. The number of aromatic nitrogens is 1. The molecule has 0 spiro atoms. The van der Waals surface area contributed by atoms with Crippen LogP contribution in [0.2, 0.25) is 10.0 Å². The van der Waals surface area contributed by atoms with Crippen LogP contribution in [0.1, 0.15) is 40.7 Å². The first-order valence-corrected chi connectivity index (χ1v) is 10.8. The highest BCUT2D eigenvalue weighted by Crippen LogP contribution is 2.46. The minimum absolute atomic E-state index is 0.0211. The van der Waals surface area contributed by atoms with Crippen molar-refractivity contribution < 1.29 is 28.2 Å². The van der Waals surface area contributed by atoms with E-state index in [9.17, 15) is 27.9 Å². The molecule has 2 unspecified atom stereocenters. The normalized spacial score (nSPS) is 14.5. The number of carboxylic acid groups (broad SMARTS) is 1. The molecule has 2 aromatic carbocycles. The van der Waals surface area contributed by atoms with Crippen LogP contribution in [0.15, 0.2) is 59.5 Å². The van der Waals surface area contributed by atoms with Crippen LogP contribution < -0.4 is 5.56 Å². The minimum Gasteiger partial charge on any atom is -0.478 e. The fourth-order valence-electron chi connectivity index (χ4n) is 3.84. The first-order valence-electron chi connectivity index (χ1n) is 10.0. The fraction of sp³-hybridized carbons (Fsp3) is 0.250. The van der Waals surface area contributed by atoms with Crippen molar-refractivity contribution in [3.05, 3.63) is 91.8 Å². The van der Waals surface area contributed by atoms with Gasteiger partial charge in [-0.25, -0.2) is 4.79 Å². The van der Waals surface area contributed by atoms with Crippen LogP contribution in [-0.4, -0.2) is 26.9 Å². The van der Waals surface area contributed by atoms with Gasteiger partial charge in [-0.15, -0.1) is 0 Å². The van der Waals surface area contributed by atoms with Gasteiger partial charge in [-0.1, -0.05) is 48.3 Å². The molecule has 3 aromatic rings. The standard InChI is InChI=1S/C24H20Cl2F3NO4/c1-13(23(34,12-24(27,28)29)16-5-8-21(31)30(2)11-16)17-6-3-14(9-19(17)25)15-4-7-18(22(32)33)20(26)10-15/h3-11,13,34H,12H2,1-2H3,(H,32,33). The number of aliphatic hydroxyl groups is 1. The number of hydrogen-bond donors (Lipinski definition) is 2. The van der Waals surface area contributed by atoms with Gasteiger partial charge in [-0.3, -0.25) is 4.79 Å². The lowest BCUT2D eigenvalue weighted by molar-refractivity contribution is -0.183. The Morgan fingerprint density at radius 2 is 1.62 bits per heavy atom. The molecule has 2 atom stereocenters. The summed E-state index contributed by atoms with van der Waals surface area (Å²) in [5.74, 6) is -2.28. The maximum atomic E-state index is 13.5. The maximum absolute atomic E-state index is 13.5. The zero-order valence-corrected chi connectivity index (χ0v) is 19.5. The van der Waals surface area contributed by atoms with Gasteiger partial charge < -0.3 is 14.8 Å². The number of rotatable bonds is 6. The molecule has 2 N–H and O–H groups in total. The zero-order chi connectivity index (χ0) is 25.4. The van der Waals surface area contributed by atoms with Crippen molar-refractivity contribution in [2.45, 2.75) is 31.0 Å². The van der Waals surface area contributed by atoms with E-state index in [1.165, 1.54) is 56.6 Å². The number of aromatic carboxylic acids is 1. The highest BCUT2D eigenvalue weighted by Gasteiger charge is 2.47. The van der Waals surface area contributed by atoms with Gasteiger partial charge >= 0.3 is 12.1 Å². The van der Waals surface area contributed by atoms with E-state index >= 15 is 0 Å². The molecule has 3 rings (SSSR count). The number of nitrogens with zero attached hydrogens (tertiary/aromatic N) is 1. The van der Waals surface area contributed by atoms with Gasteiger partial charge in [-0.05, 0) is 41.0 Å². The molecule has 0 fully saturated rings. The Hall–Kier alpha value is -2.81. The molecular formula is C24H20Cl2F3NO4. The molecule has 34 heavy (non-hydrogen) atoms. The molecule has 0 saturated carbocycles. The monoisotopic (exact) mass is 513 g/mol. The Balaban J connectivity index is 2.06. The molecule has 0 aliphatic rings. The van der Waals surface area contributed by atoms with Gasteiger partial charge in [0, 0.05) is 35.8 Å². The van der Waals surface area contributed by atoms with Crippen molar-refractivity contribution in [1.82, 2.24) is 4.57 Å². The Morgan fingerprint density at radius 3 is 2.12 bits per heavy atom. The number of halogens is 5. The number of carboxylic acids is 1. The van der Waals surface area contributed by atoms with Gasteiger partial charge in [0.2, 0.25) is 5.56 Å². The average molecular weight is 514 g/mol. The van der Waals surface area contributed by atoms with Gasteiger partial charge in [-0.2, -0.15) is 13.2 Å². The number of carbonyl (C=O) groups is 1. The van der Waals surface area contributed by atoms with Gasteiger partial charge in [0.25, 0.3) is 0 Å². The Labute approximate surface area is 203 Å². The molecule has 1 aromatic heterocycles. The van der Waals surface area contributed by atoms with Crippen LogP contribution in [0, 0.1) is 0 Å². The summed E-state index contributed by atoms with van der Waals surface area (Å²) in [7, 11) is 1.38. The van der Waals surface area contributed by atoms with Crippen molar-refractivity contribution in [2.75, 3.05) is 0 Å². The van der Waals surface area contributed by atoms with E-state index in [2.05, 4.69) is 0 Å².